The minimum atomic E-state index is -0.761. The van der Waals surface area contributed by atoms with Gasteiger partial charge in [-0.3, -0.25) is 0 Å². The predicted molar refractivity (Wildman–Crippen MR) is 88.0 cm³/mol. The summed E-state index contributed by atoms with van der Waals surface area (Å²) in [5.41, 5.74) is 0.757. The van der Waals surface area contributed by atoms with Crippen molar-refractivity contribution in [2.45, 2.75) is 39.7 Å². The summed E-state index contributed by atoms with van der Waals surface area (Å²) in [5.74, 6) is 1.10. The molecule has 0 fully saturated rings. The van der Waals surface area contributed by atoms with Crippen molar-refractivity contribution in [1.29, 1.82) is 0 Å². The van der Waals surface area contributed by atoms with Crippen molar-refractivity contribution >= 4 is 27.3 Å². The van der Waals surface area contributed by atoms with Gasteiger partial charge in [0, 0.05) is 11.3 Å². The first kappa shape index (κ1) is 16.5. The second-order valence-electron chi connectivity index (χ2n) is 5.81. The molecular weight excluding hydrogens is 355 g/mol. The maximum atomic E-state index is 13.3. The standard InChI is InChI=1S/C16H18BrFO2S/c1-9-5-11(18)6-10(2)14(9)20-13-7-12(21-15(13)17)8-16(3,4)19/h5-7,19H,8H2,1-4H3. The first-order valence-electron chi connectivity index (χ1n) is 6.61. The van der Waals surface area contributed by atoms with Gasteiger partial charge >= 0.3 is 0 Å². The summed E-state index contributed by atoms with van der Waals surface area (Å²) in [5, 5.41) is 9.89. The Balaban J connectivity index is 2.29. The molecule has 0 saturated heterocycles. The van der Waals surface area contributed by atoms with Crippen LogP contribution in [0.4, 0.5) is 4.39 Å². The van der Waals surface area contributed by atoms with Crippen LogP contribution < -0.4 is 4.74 Å². The van der Waals surface area contributed by atoms with E-state index >= 15 is 0 Å². The average molecular weight is 373 g/mol. The molecular formula is C16H18BrFO2S. The van der Waals surface area contributed by atoms with Crippen LogP contribution in [0.15, 0.2) is 22.0 Å². The molecule has 0 bridgehead atoms. The molecule has 0 unspecified atom stereocenters. The molecule has 0 amide bonds. The SMILES string of the molecule is Cc1cc(F)cc(C)c1Oc1cc(CC(C)(C)O)sc1Br. The van der Waals surface area contributed by atoms with E-state index < -0.39 is 5.60 Å². The van der Waals surface area contributed by atoms with E-state index in [0.717, 1.165) is 19.8 Å². The number of halogens is 2. The minimum Gasteiger partial charge on any atom is -0.455 e. The van der Waals surface area contributed by atoms with Gasteiger partial charge in [0.15, 0.2) is 5.75 Å². The number of ether oxygens (including phenoxy) is 1. The third kappa shape index (κ3) is 4.28. The maximum absolute atomic E-state index is 13.3. The average Bonchev–Trinajstić information content (AvgIpc) is 2.61. The largest absolute Gasteiger partial charge is 0.455 e. The van der Waals surface area contributed by atoms with Crippen LogP contribution in [-0.2, 0) is 6.42 Å². The lowest BCUT2D eigenvalue weighted by Crippen LogP contribution is -2.21. The molecule has 0 aliphatic rings. The lowest BCUT2D eigenvalue weighted by molar-refractivity contribution is 0.0818. The monoisotopic (exact) mass is 372 g/mol. The third-order valence-corrected chi connectivity index (χ3v) is 4.73. The molecule has 2 nitrogen and oxygen atoms in total. The van der Waals surface area contributed by atoms with Crippen molar-refractivity contribution in [3.05, 3.63) is 43.8 Å². The zero-order valence-electron chi connectivity index (χ0n) is 12.5. The van der Waals surface area contributed by atoms with Crippen molar-refractivity contribution in [1.82, 2.24) is 0 Å². The van der Waals surface area contributed by atoms with Crippen molar-refractivity contribution in [3.63, 3.8) is 0 Å². The minimum absolute atomic E-state index is 0.260. The summed E-state index contributed by atoms with van der Waals surface area (Å²) >= 11 is 5.02. The van der Waals surface area contributed by atoms with Gasteiger partial charge in [0.25, 0.3) is 0 Å². The smallest absolute Gasteiger partial charge is 0.152 e. The summed E-state index contributed by atoms with van der Waals surface area (Å²) < 4.78 is 20.1. The number of aliphatic hydroxyl groups is 1. The lowest BCUT2D eigenvalue weighted by atomic mass is 10.0. The van der Waals surface area contributed by atoms with E-state index in [1.807, 2.05) is 19.9 Å². The first-order valence-corrected chi connectivity index (χ1v) is 8.22. The Morgan fingerprint density at radius 2 is 1.81 bits per heavy atom. The van der Waals surface area contributed by atoms with Gasteiger partial charge in [-0.1, -0.05) is 0 Å². The maximum Gasteiger partial charge on any atom is 0.152 e. The molecule has 21 heavy (non-hydrogen) atoms. The topological polar surface area (TPSA) is 29.5 Å². The van der Waals surface area contributed by atoms with E-state index in [2.05, 4.69) is 15.9 Å². The van der Waals surface area contributed by atoms with Crippen LogP contribution in [0.25, 0.3) is 0 Å². The Bertz CT molecular complexity index is 636. The normalized spacial score (nSPS) is 11.8. The molecule has 2 rings (SSSR count). The van der Waals surface area contributed by atoms with Gasteiger partial charge in [-0.25, -0.2) is 4.39 Å². The third-order valence-electron chi connectivity index (χ3n) is 2.95. The fourth-order valence-electron chi connectivity index (χ4n) is 2.15. The van der Waals surface area contributed by atoms with E-state index in [-0.39, 0.29) is 5.82 Å². The second-order valence-corrected chi connectivity index (χ2v) is 8.27. The van der Waals surface area contributed by atoms with Crippen LogP contribution in [0, 0.1) is 19.7 Å². The lowest BCUT2D eigenvalue weighted by Gasteiger charge is -2.15. The van der Waals surface area contributed by atoms with Crippen molar-refractivity contribution in [2.24, 2.45) is 0 Å². The van der Waals surface area contributed by atoms with Crippen LogP contribution >= 0.6 is 27.3 Å². The summed E-state index contributed by atoms with van der Waals surface area (Å²) in [6.07, 6.45) is 0.557. The highest BCUT2D eigenvalue weighted by atomic mass is 79.9. The van der Waals surface area contributed by atoms with E-state index in [9.17, 15) is 9.50 Å². The van der Waals surface area contributed by atoms with Crippen molar-refractivity contribution in [2.75, 3.05) is 0 Å². The van der Waals surface area contributed by atoms with E-state index in [1.165, 1.54) is 23.5 Å². The van der Waals surface area contributed by atoms with Gasteiger partial charge in [0.1, 0.15) is 15.4 Å². The first-order chi connectivity index (χ1) is 9.65. The Labute approximate surface area is 136 Å². The van der Waals surface area contributed by atoms with E-state index in [4.69, 9.17) is 4.74 Å². The van der Waals surface area contributed by atoms with Crippen LogP contribution in [-0.4, -0.2) is 10.7 Å². The summed E-state index contributed by atoms with van der Waals surface area (Å²) in [7, 11) is 0. The number of thiophene rings is 1. The molecule has 1 N–H and O–H groups in total. The zero-order chi connectivity index (χ0) is 15.8. The number of benzene rings is 1. The van der Waals surface area contributed by atoms with Gasteiger partial charge in [-0.15, -0.1) is 11.3 Å². The fraction of sp³-hybridized carbons (Fsp3) is 0.375. The van der Waals surface area contributed by atoms with E-state index in [0.29, 0.717) is 17.9 Å². The van der Waals surface area contributed by atoms with Crippen LogP contribution in [0.5, 0.6) is 11.5 Å². The van der Waals surface area contributed by atoms with Crippen LogP contribution in [0.2, 0.25) is 0 Å². The molecule has 0 radical (unpaired) electrons. The highest BCUT2D eigenvalue weighted by molar-refractivity contribution is 9.11. The summed E-state index contributed by atoms with van der Waals surface area (Å²) in [4.78, 5) is 1.03. The Morgan fingerprint density at radius 1 is 1.24 bits per heavy atom. The molecule has 0 spiro atoms. The molecule has 1 aromatic carbocycles. The molecule has 0 saturated carbocycles. The molecule has 114 valence electrons. The highest BCUT2D eigenvalue weighted by Gasteiger charge is 2.18. The van der Waals surface area contributed by atoms with Gasteiger partial charge in [0.05, 0.1) is 5.60 Å². The van der Waals surface area contributed by atoms with E-state index in [1.54, 1.807) is 13.8 Å². The van der Waals surface area contributed by atoms with Gasteiger partial charge in [0.2, 0.25) is 0 Å². The number of hydrogen-bond donors (Lipinski definition) is 1. The molecule has 0 aliphatic carbocycles. The molecule has 2 aromatic rings. The number of hydrogen-bond acceptors (Lipinski definition) is 3. The zero-order valence-corrected chi connectivity index (χ0v) is 14.9. The van der Waals surface area contributed by atoms with Gasteiger partial charge in [-0.05, 0) is 73.0 Å². The summed E-state index contributed by atoms with van der Waals surface area (Å²) in [6.45, 7) is 7.19. The predicted octanol–water partition coefficient (Wildman–Crippen LogP) is 5.37. The Morgan fingerprint density at radius 3 is 2.33 bits per heavy atom. The Hall–Kier alpha value is -0.910. The van der Waals surface area contributed by atoms with Crippen molar-refractivity contribution < 1.29 is 14.2 Å². The number of rotatable bonds is 4. The molecule has 1 aromatic heterocycles. The molecule has 0 aliphatic heterocycles. The number of aryl methyl sites for hydroxylation is 2. The van der Waals surface area contributed by atoms with Gasteiger partial charge < -0.3 is 9.84 Å². The van der Waals surface area contributed by atoms with Crippen LogP contribution in [0.1, 0.15) is 29.9 Å². The second kappa shape index (κ2) is 6.07. The molecule has 0 atom stereocenters. The molecule has 1 heterocycles. The summed E-state index contributed by atoms with van der Waals surface area (Å²) in [6, 6.07) is 4.83. The highest BCUT2D eigenvalue weighted by Crippen LogP contribution is 2.40. The van der Waals surface area contributed by atoms with Crippen molar-refractivity contribution in [3.8, 4) is 11.5 Å². The molecule has 5 heteroatoms. The fourth-order valence-corrected chi connectivity index (χ4v) is 3.99. The van der Waals surface area contributed by atoms with Gasteiger partial charge in [-0.2, -0.15) is 0 Å². The Kier molecular flexibility index (Phi) is 4.76. The quantitative estimate of drug-likeness (QED) is 0.781. The van der Waals surface area contributed by atoms with Crippen LogP contribution in [0.3, 0.4) is 0 Å².